The summed E-state index contributed by atoms with van der Waals surface area (Å²) in [6.07, 6.45) is -1.75. The van der Waals surface area contributed by atoms with Crippen molar-refractivity contribution in [2.75, 3.05) is 0 Å². The number of aliphatic hydroxyl groups is 1. The van der Waals surface area contributed by atoms with Gasteiger partial charge in [0.2, 0.25) is 0 Å². The van der Waals surface area contributed by atoms with Gasteiger partial charge in [-0.05, 0) is 30.3 Å². The highest BCUT2D eigenvalue weighted by Crippen LogP contribution is 2.29. The van der Waals surface area contributed by atoms with Gasteiger partial charge in [-0.15, -0.1) is 0 Å². The largest absolute Gasteiger partial charge is 0.383 e. The zero-order valence-electron chi connectivity index (χ0n) is 9.00. The molecule has 2 rings (SSSR count). The third kappa shape index (κ3) is 2.35. The van der Waals surface area contributed by atoms with Gasteiger partial charge in [-0.3, -0.25) is 0 Å². The van der Waals surface area contributed by atoms with Crippen LogP contribution >= 0.6 is 11.6 Å². The number of aliphatic hydroxyl groups excluding tert-OH is 1. The molecule has 0 bridgehead atoms. The Morgan fingerprint density at radius 1 is 0.944 bits per heavy atom. The summed E-state index contributed by atoms with van der Waals surface area (Å²) in [4.78, 5) is 0. The molecule has 0 spiro atoms. The van der Waals surface area contributed by atoms with Crippen LogP contribution in [0, 0.1) is 17.5 Å². The van der Waals surface area contributed by atoms with Gasteiger partial charge in [0.05, 0.1) is 5.56 Å². The molecule has 2 aromatic rings. The maximum Gasteiger partial charge on any atom is 0.132 e. The van der Waals surface area contributed by atoms with Crippen molar-refractivity contribution in [3.63, 3.8) is 0 Å². The number of rotatable bonds is 2. The molecule has 1 N–H and O–H groups in total. The van der Waals surface area contributed by atoms with Crippen LogP contribution in [0.4, 0.5) is 13.2 Å². The molecule has 1 atom stereocenters. The van der Waals surface area contributed by atoms with Crippen molar-refractivity contribution in [2.24, 2.45) is 0 Å². The first-order valence-electron chi connectivity index (χ1n) is 5.07. The van der Waals surface area contributed by atoms with E-state index < -0.39 is 29.1 Å². The molecule has 0 aliphatic rings. The maximum atomic E-state index is 13.5. The van der Waals surface area contributed by atoms with E-state index in [0.29, 0.717) is 0 Å². The van der Waals surface area contributed by atoms with E-state index in [-0.39, 0.29) is 10.6 Å². The van der Waals surface area contributed by atoms with Crippen LogP contribution in [0.2, 0.25) is 5.02 Å². The van der Waals surface area contributed by atoms with Crippen LogP contribution in [-0.4, -0.2) is 5.11 Å². The molecule has 0 heterocycles. The fourth-order valence-corrected chi connectivity index (χ4v) is 1.83. The molecule has 5 heteroatoms. The maximum absolute atomic E-state index is 13.5. The number of benzene rings is 2. The second kappa shape index (κ2) is 5.00. The van der Waals surface area contributed by atoms with Gasteiger partial charge >= 0.3 is 0 Å². The van der Waals surface area contributed by atoms with Gasteiger partial charge in [0, 0.05) is 10.6 Å². The van der Waals surface area contributed by atoms with E-state index in [4.69, 9.17) is 11.6 Å². The van der Waals surface area contributed by atoms with Crippen LogP contribution in [0.15, 0.2) is 36.4 Å². The van der Waals surface area contributed by atoms with E-state index in [1.54, 1.807) is 0 Å². The quantitative estimate of drug-likeness (QED) is 0.881. The highest BCUT2D eigenvalue weighted by molar-refractivity contribution is 6.30. The minimum atomic E-state index is -1.75. The van der Waals surface area contributed by atoms with Crippen molar-refractivity contribution in [1.82, 2.24) is 0 Å². The number of hydrogen-bond acceptors (Lipinski definition) is 1. The fraction of sp³-hybridized carbons (Fsp3) is 0.0769. The molecule has 18 heavy (non-hydrogen) atoms. The van der Waals surface area contributed by atoms with E-state index in [1.165, 1.54) is 6.07 Å². The van der Waals surface area contributed by atoms with Gasteiger partial charge in [-0.2, -0.15) is 0 Å². The van der Waals surface area contributed by atoms with Gasteiger partial charge in [-0.1, -0.05) is 17.7 Å². The van der Waals surface area contributed by atoms with E-state index in [0.717, 1.165) is 30.3 Å². The third-order valence-corrected chi connectivity index (χ3v) is 2.76. The molecule has 0 aliphatic carbocycles. The van der Waals surface area contributed by atoms with Crippen LogP contribution in [0.25, 0.3) is 0 Å². The average molecular weight is 273 g/mol. The Morgan fingerprint density at radius 3 is 2.17 bits per heavy atom. The lowest BCUT2D eigenvalue weighted by Gasteiger charge is -2.14. The van der Waals surface area contributed by atoms with Crippen LogP contribution in [-0.2, 0) is 0 Å². The SMILES string of the molecule is OC(c1cc(Cl)ccc1F)c1c(F)cccc1F. The molecule has 0 aromatic heterocycles. The Kier molecular flexibility index (Phi) is 3.59. The highest BCUT2D eigenvalue weighted by atomic mass is 35.5. The van der Waals surface area contributed by atoms with Crippen molar-refractivity contribution in [2.45, 2.75) is 6.10 Å². The summed E-state index contributed by atoms with van der Waals surface area (Å²) < 4.78 is 40.4. The number of hydrogen-bond donors (Lipinski definition) is 1. The average Bonchev–Trinajstić information content (AvgIpc) is 2.32. The summed E-state index contributed by atoms with van der Waals surface area (Å²) in [6.45, 7) is 0. The molecule has 94 valence electrons. The van der Waals surface area contributed by atoms with E-state index in [9.17, 15) is 18.3 Å². The zero-order chi connectivity index (χ0) is 13.3. The Bertz CT molecular complexity index is 566. The van der Waals surface area contributed by atoms with Crippen LogP contribution in [0.5, 0.6) is 0 Å². The minimum absolute atomic E-state index is 0.169. The molecule has 0 saturated carbocycles. The Morgan fingerprint density at radius 2 is 1.56 bits per heavy atom. The first-order valence-corrected chi connectivity index (χ1v) is 5.45. The molecule has 2 aromatic carbocycles. The predicted octanol–water partition coefficient (Wildman–Crippen LogP) is 3.84. The minimum Gasteiger partial charge on any atom is -0.383 e. The lowest BCUT2D eigenvalue weighted by atomic mass is 10.00. The zero-order valence-corrected chi connectivity index (χ0v) is 9.76. The molecular formula is C13H8ClF3O. The second-order valence-electron chi connectivity index (χ2n) is 3.70. The van der Waals surface area contributed by atoms with Gasteiger partial charge in [-0.25, -0.2) is 13.2 Å². The molecule has 0 amide bonds. The van der Waals surface area contributed by atoms with Gasteiger partial charge in [0.15, 0.2) is 0 Å². The fourth-order valence-electron chi connectivity index (χ4n) is 1.65. The molecule has 0 aliphatic heterocycles. The van der Waals surface area contributed by atoms with E-state index >= 15 is 0 Å². The van der Waals surface area contributed by atoms with Crippen molar-refractivity contribution < 1.29 is 18.3 Å². The van der Waals surface area contributed by atoms with Crippen molar-refractivity contribution in [3.05, 3.63) is 70.0 Å². The molecule has 1 nitrogen and oxygen atoms in total. The molecule has 0 fully saturated rings. The van der Waals surface area contributed by atoms with Crippen LogP contribution in [0.1, 0.15) is 17.2 Å². The van der Waals surface area contributed by atoms with Crippen LogP contribution in [0.3, 0.4) is 0 Å². The first-order chi connectivity index (χ1) is 8.50. The second-order valence-corrected chi connectivity index (χ2v) is 4.14. The summed E-state index contributed by atoms with van der Waals surface area (Å²) in [6, 6.07) is 6.58. The normalized spacial score (nSPS) is 12.5. The molecule has 1 unspecified atom stereocenters. The number of halogens is 4. The third-order valence-electron chi connectivity index (χ3n) is 2.53. The Hall–Kier alpha value is -1.52. The van der Waals surface area contributed by atoms with E-state index in [2.05, 4.69) is 0 Å². The standard InChI is InChI=1S/C13H8ClF3O/c14-7-4-5-9(15)8(6-7)13(18)12-10(16)2-1-3-11(12)17/h1-6,13,18H. The first kappa shape index (κ1) is 12.9. The summed E-state index contributed by atoms with van der Waals surface area (Å²) in [5.41, 5.74) is -0.870. The summed E-state index contributed by atoms with van der Waals surface area (Å²) in [5, 5.41) is 10.0. The lowest BCUT2D eigenvalue weighted by molar-refractivity contribution is 0.204. The highest BCUT2D eigenvalue weighted by Gasteiger charge is 2.22. The van der Waals surface area contributed by atoms with Gasteiger partial charge < -0.3 is 5.11 Å². The van der Waals surface area contributed by atoms with Crippen molar-refractivity contribution in [1.29, 1.82) is 0 Å². The predicted molar refractivity (Wildman–Crippen MR) is 61.8 cm³/mol. The Labute approximate surface area is 106 Å². The van der Waals surface area contributed by atoms with Gasteiger partial charge in [0.25, 0.3) is 0 Å². The molecular weight excluding hydrogens is 265 g/mol. The smallest absolute Gasteiger partial charge is 0.132 e. The molecule has 0 saturated heterocycles. The van der Waals surface area contributed by atoms with Gasteiger partial charge in [0.1, 0.15) is 23.6 Å². The van der Waals surface area contributed by atoms with E-state index in [1.807, 2.05) is 0 Å². The lowest BCUT2D eigenvalue weighted by Crippen LogP contribution is -2.07. The van der Waals surface area contributed by atoms with Crippen LogP contribution < -0.4 is 0 Å². The van der Waals surface area contributed by atoms with Crippen molar-refractivity contribution >= 4 is 11.6 Å². The summed E-state index contributed by atoms with van der Waals surface area (Å²) in [5.74, 6) is -2.67. The summed E-state index contributed by atoms with van der Waals surface area (Å²) in [7, 11) is 0. The summed E-state index contributed by atoms with van der Waals surface area (Å²) >= 11 is 5.66. The van der Waals surface area contributed by atoms with Crippen molar-refractivity contribution in [3.8, 4) is 0 Å². The topological polar surface area (TPSA) is 20.2 Å². The molecule has 0 radical (unpaired) electrons. The monoisotopic (exact) mass is 272 g/mol. The Balaban J connectivity index is 2.54.